The Bertz CT molecular complexity index is 495. The number of nitrogens with two attached hydrogens (primary N) is 1. The van der Waals surface area contributed by atoms with Gasteiger partial charge >= 0.3 is 0 Å². The average molecular weight is 286 g/mol. The highest BCUT2D eigenvalue weighted by Crippen LogP contribution is 2.15. The summed E-state index contributed by atoms with van der Waals surface area (Å²) >= 11 is 5.55. The molecule has 1 aromatic rings. The maximum Gasteiger partial charge on any atom is 0.273 e. The normalized spacial score (nSPS) is 12.7. The standard InChI is InChI=1S/C8H10ClF2N3O2S/c9-6-1-7(3-13-2-6)17(15,16)14-5-8(10,11)4-12/h1-3,14H,4-5,12H2. The van der Waals surface area contributed by atoms with E-state index in [0.717, 1.165) is 12.3 Å². The SMILES string of the molecule is NCC(F)(F)CNS(=O)(=O)c1cncc(Cl)c1. The van der Waals surface area contributed by atoms with E-state index in [1.54, 1.807) is 4.72 Å². The molecule has 0 bridgehead atoms. The first kappa shape index (κ1) is 14.2. The number of hydrogen-bond acceptors (Lipinski definition) is 4. The lowest BCUT2D eigenvalue weighted by molar-refractivity contribution is 0.0170. The van der Waals surface area contributed by atoms with Gasteiger partial charge in [0.15, 0.2) is 0 Å². The highest BCUT2D eigenvalue weighted by Gasteiger charge is 2.29. The van der Waals surface area contributed by atoms with E-state index in [9.17, 15) is 17.2 Å². The van der Waals surface area contributed by atoms with Gasteiger partial charge in [0.25, 0.3) is 5.92 Å². The van der Waals surface area contributed by atoms with Crippen LogP contribution in [-0.4, -0.2) is 32.4 Å². The molecule has 9 heteroatoms. The molecule has 0 aromatic carbocycles. The fourth-order valence-corrected chi connectivity index (χ4v) is 2.18. The van der Waals surface area contributed by atoms with Crippen molar-refractivity contribution in [3.8, 4) is 0 Å². The quantitative estimate of drug-likeness (QED) is 0.830. The zero-order valence-corrected chi connectivity index (χ0v) is 10.1. The van der Waals surface area contributed by atoms with Gasteiger partial charge in [-0.05, 0) is 6.07 Å². The minimum atomic E-state index is -4.06. The molecule has 0 saturated heterocycles. The van der Waals surface area contributed by atoms with Gasteiger partial charge in [-0.2, -0.15) is 0 Å². The second kappa shape index (κ2) is 5.21. The van der Waals surface area contributed by atoms with Gasteiger partial charge in [0, 0.05) is 12.4 Å². The summed E-state index contributed by atoms with van der Waals surface area (Å²) in [4.78, 5) is 3.27. The molecule has 0 atom stereocenters. The minimum absolute atomic E-state index is 0.0958. The van der Waals surface area contributed by atoms with Gasteiger partial charge in [-0.1, -0.05) is 11.6 Å². The van der Waals surface area contributed by atoms with Crippen molar-refractivity contribution in [1.82, 2.24) is 9.71 Å². The van der Waals surface area contributed by atoms with Crippen LogP contribution in [0.3, 0.4) is 0 Å². The Morgan fingerprint density at radius 3 is 2.65 bits per heavy atom. The number of halogens is 3. The molecule has 0 aliphatic heterocycles. The van der Waals surface area contributed by atoms with E-state index in [1.807, 2.05) is 0 Å². The monoisotopic (exact) mass is 285 g/mol. The van der Waals surface area contributed by atoms with Crippen molar-refractivity contribution in [3.05, 3.63) is 23.5 Å². The largest absolute Gasteiger partial charge is 0.325 e. The van der Waals surface area contributed by atoms with Crippen LogP contribution in [0.5, 0.6) is 0 Å². The molecule has 0 amide bonds. The van der Waals surface area contributed by atoms with E-state index < -0.39 is 29.0 Å². The number of nitrogens with zero attached hydrogens (tertiary/aromatic N) is 1. The van der Waals surface area contributed by atoms with E-state index >= 15 is 0 Å². The Balaban J connectivity index is 2.83. The number of nitrogens with one attached hydrogen (secondary N) is 1. The van der Waals surface area contributed by atoms with Gasteiger partial charge < -0.3 is 5.73 Å². The predicted octanol–water partition coefficient (Wildman–Crippen LogP) is 0.607. The van der Waals surface area contributed by atoms with Crippen LogP contribution in [0.2, 0.25) is 5.02 Å². The van der Waals surface area contributed by atoms with E-state index in [0.29, 0.717) is 0 Å². The zero-order valence-electron chi connectivity index (χ0n) is 8.53. The topological polar surface area (TPSA) is 85.1 Å². The Labute approximate surface area is 102 Å². The summed E-state index contributed by atoms with van der Waals surface area (Å²) in [5.74, 6) is -3.29. The van der Waals surface area contributed by atoms with Gasteiger partial charge in [0.05, 0.1) is 18.1 Å². The molecule has 1 aromatic heterocycles. The van der Waals surface area contributed by atoms with Crippen molar-refractivity contribution in [2.45, 2.75) is 10.8 Å². The molecule has 1 rings (SSSR count). The lowest BCUT2D eigenvalue weighted by Crippen LogP contribution is -2.41. The highest BCUT2D eigenvalue weighted by atomic mass is 35.5. The Morgan fingerprint density at radius 1 is 1.47 bits per heavy atom. The summed E-state index contributed by atoms with van der Waals surface area (Å²) in [7, 11) is -4.06. The van der Waals surface area contributed by atoms with Crippen LogP contribution in [0, 0.1) is 0 Å². The number of hydrogen-bond donors (Lipinski definition) is 2. The molecule has 0 spiro atoms. The lowest BCUT2D eigenvalue weighted by Gasteiger charge is -2.14. The molecule has 0 radical (unpaired) electrons. The first-order valence-electron chi connectivity index (χ1n) is 4.45. The first-order chi connectivity index (χ1) is 7.77. The third-order valence-electron chi connectivity index (χ3n) is 1.81. The van der Waals surface area contributed by atoms with E-state index in [1.165, 1.54) is 6.20 Å². The van der Waals surface area contributed by atoms with Gasteiger partial charge in [0.1, 0.15) is 4.90 Å². The number of aromatic nitrogens is 1. The maximum absolute atomic E-state index is 12.8. The van der Waals surface area contributed by atoms with E-state index in [-0.39, 0.29) is 9.92 Å². The van der Waals surface area contributed by atoms with Crippen molar-refractivity contribution in [3.63, 3.8) is 0 Å². The number of sulfonamides is 1. The highest BCUT2D eigenvalue weighted by molar-refractivity contribution is 7.89. The summed E-state index contributed by atoms with van der Waals surface area (Å²) in [5.41, 5.74) is 4.78. The Kier molecular flexibility index (Phi) is 4.36. The van der Waals surface area contributed by atoms with Crippen molar-refractivity contribution in [2.24, 2.45) is 5.73 Å². The smallest absolute Gasteiger partial charge is 0.273 e. The molecular formula is C8H10ClF2N3O2S. The molecule has 3 N–H and O–H groups in total. The molecule has 0 saturated carbocycles. The third-order valence-corrected chi connectivity index (χ3v) is 3.38. The summed E-state index contributed by atoms with van der Waals surface area (Å²) in [5, 5.41) is 0.0958. The van der Waals surface area contributed by atoms with Crippen LogP contribution in [0.1, 0.15) is 0 Å². The molecular weight excluding hydrogens is 276 g/mol. The average Bonchev–Trinajstić information content (AvgIpc) is 2.27. The number of pyridine rings is 1. The molecule has 1 heterocycles. The second-order valence-electron chi connectivity index (χ2n) is 3.22. The Morgan fingerprint density at radius 2 is 2.12 bits per heavy atom. The van der Waals surface area contributed by atoms with Crippen molar-refractivity contribution < 1.29 is 17.2 Å². The van der Waals surface area contributed by atoms with Crippen LogP contribution in [-0.2, 0) is 10.0 Å². The van der Waals surface area contributed by atoms with Crippen molar-refractivity contribution in [2.75, 3.05) is 13.1 Å². The van der Waals surface area contributed by atoms with Gasteiger partial charge in [-0.15, -0.1) is 0 Å². The molecule has 96 valence electrons. The molecule has 17 heavy (non-hydrogen) atoms. The van der Waals surface area contributed by atoms with Crippen LogP contribution in [0.25, 0.3) is 0 Å². The zero-order chi connectivity index (χ0) is 13.1. The summed E-state index contributed by atoms with van der Waals surface area (Å²) < 4.78 is 50.4. The summed E-state index contributed by atoms with van der Waals surface area (Å²) in [6.07, 6.45) is 2.24. The summed E-state index contributed by atoms with van der Waals surface area (Å²) in [6.45, 7) is -2.01. The molecule has 5 nitrogen and oxygen atoms in total. The third kappa shape index (κ3) is 4.15. The lowest BCUT2D eigenvalue weighted by atomic mass is 10.3. The summed E-state index contributed by atoms with van der Waals surface area (Å²) in [6, 6.07) is 1.11. The van der Waals surface area contributed by atoms with Crippen LogP contribution in [0.4, 0.5) is 8.78 Å². The van der Waals surface area contributed by atoms with Crippen molar-refractivity contribution >= 4 is 21.6 Å². The van der Waals surface area contributed by atoms with Crippen LogP contribution in [0.15, 0.2) is 23.4 Å². The van der Waals surface area contributed by atoms with Gasteiger partial charge in [-0.25, -0.2) is 21.9 Å². The molecule has 0 unspecified atom stereocenters. The van der Waals surface area contributed by atoms with Crippen molar-refractivity contribution in [1.29, 1.82) is 0 Å². The maximum atomic E-state index is 12.8. The fraction of sp³-hybridized carbons (Fsp3) is 0.375. The second-order valence-corrected chi connectivity index (χ2v) is 5.43. The van der Waals surface area contributed by atoms with Crippen LogP contribution >= 0.6 is 11.6 Å². The molecule has 0 aliphatic carbocycles. The number of alkyl halides is 2. The van der Waals surface area contributed by atoms with Gasteiger partial charge in [-0.3, -0.25) is 4.98 Å². The van der Waals surface area contributed by atoms with E-state index in [2.05, 4.69) is 4.98 Å². The van der Waals surface area contributed by atoms with Crippen LogP contribution < -0.4 is 10.5 Å². The minimum Gasteiger partial charge on any atom is -0.325 e. The number of rotatable bonds is 5. The Hall–Kier alpha value is -0.830. The molecule has 0 aliphatic rings. The molecule has 0 fully saturated rings. The first-order valence-corrected chi connectivity index (χ1v) is 6.31. The van der Waals surface area contributed by atoms with E-state index in [4.69, 9.17) is 17.3 Å². The van der Waals surface area contributed by atoms with Gasteiger partial charge in [0.2, 0.25) is 10.0 Å². The predicted molar refractivity (Wildman–Crippen MR) is 58.4 cm³/mol. The fourth-order valence-electron chi connectivity index (χ4n) is 0.895.